The fraction of sp³-hybridized carbons (Fsp3) is 0.588. The molecule has 1 N–H and O–H groups in total. The van der Waals surface area contributed by atoms with Crippen LogP contribution in [0.3, 0.4) is 0 Å². The standard InChI is InChI=1S/C17H26FN3.HI/c1-14-8-11-21(12-9-14)17(19-2)20-10-4-6-15-5-3-7-16(18)13-15;/h3,5,7,13-14H,4,6,8-12H2,1-2H3,(H,19,20);1H. The van der Waals surface area contributed by atoms with Gasteiger partial charge in [0.1, 0.15) is 5.82 Å². The Bertz CT molecular complexity index is 471. The van der Waals surface area contributed by atoms with E-state index in [0.717, 1.165) is 49.9 Å². The smallest absolute Gasteiger partial charge is 0.193 e. The molecule has 3 nitrogen and oxygen atoms in total. The number of aliphatic imine (C=N–C) groups is 1. The molecule has 1 saturated heterocycles. The van der Waals surface area contributed by atoms with Crippen LogP contribution in [0.1, 0.15) is 31.7 Å². The Labute approximate surface area is 150 Å². The van der Waals surface area contributed by atoms with Crippen LogP contribution in [0.15, 0.2) is 29.3 Å². The van der Waals surface area contributed by atoms with E-state index < -0.39 is 0 Å². The Kier molecular flexibility index (Phi) is 8.75. The fourth-order valence-corrected chi connectivity index (χ4v) is 2.74. The Hall–Kier alpha value is -0.850. The molecule has 5 heteroatoms. The molecular formula is C17H27FIN3. The summed E-state index contributed by atoms with van der Waals surface area (Å²) in [4.78, 5) is 6.70. The average Bonchev–Trinajstić information content (AvgIpc) is 2.49. The summed E-state index contributed by atoms with van der Waals surface area (Å²) in [5.41, 5.74) is 1.05. The lowest BCUT2D eigenvalue weighted by molar-refractivity contribution is 0.273. The van der Waals surface area contributed by atoms with Gasteiger partial charge in [-0.15, -0.1) is 24.0 Å². The zero-order chi connectivity index (χ0) is 15.1. The highest BCUT2D eigenvalue weighted by Crippen LogP contribution is 2.15. The van der Waals surface area contributed by atoms with Gasteiger partial charge >= 0.3 is 0 Å². The second-order valence-electron chi connectivity index (χ2n) is 5.88. The number of guanidine groups is 1. The monoisotopic (exact) mass is 419 g/mol. The second-order valence-corrected chi connectivity index (χ2v) is 5.88. The van der Waals surface area contributed by atoms with Crippen LogP contribution in [0.2, 0.25) is 0 Å². The minimum atomic E-state index is -0.154. The van der Waals surface area contributed by atoms with Gasteiger partial charge in [-0.1, -0.05) is 19.1 Å². The van der Waals surface area contributed by atoms with E-state index >= 15 is 0 Å². The van der Waals surface area contributed by atoms with Crippen LogP contribution in [-0.4, -0.2) is 37.5 Å². The summed E-state index contributed by atoms with van der Waals surface area (Å²) in [6.07, 6.45) is 4.35. The number of halogens is 2. The Morgan fingerprint density at radius 3 is 2.73 bits per heavy atom. The first kappa shape index (κ1) is 19.2. The van der Waals surface area contributed by atoms with Crippen molar-refractivity contribution >= 4 is 29.9 Å². The minimum Gasteiger partial charge on any atom is -0.356 e. The molecule has 0 aliphatic carbocycles. The number of hydrogen-bond donors (Lipinski definition) is 1. The van der Waals surface area contributed by atoms with E-state index in [2.05, 4.69) is 22.1 Å². The first-order valence-corrected chi connectivity index (χ1v) is 7.89. The van der Waals surface area contributed by atoms with Crippen molar-refractivity contribution in [2.75, 3.05) is 26.7 Å². The largest absolute Gasteiger partial charge is 0.356 e. The SMILES string of the molecule is CN=C(NCCCc1cccc(F)c1)N1CCC(C)CC1.I. The normalized spacial score (nSPS) is 16.3. The highest BCUT2D eigenvalue weighted by Gasteiger charge is 2.18. The number of benzene rings is 1. The molecule has 1 heterocycles. The summed E-state index contributed by atoms with van der Waals surface area (Å²) >= 11 is 0. The summed E-state index contributed by atoms with van der Waals surface area (Å²) in [5, 5.41) is 3.42. The summed E-state index contributed by atoms with van der Waals surface area (Å²) in [5.74, 6) is 1.67. The van der Waals surface area contributed by atoms with Crippen molar-refractivity contribution in [3.63, 3.8) is 0 Å². The molecule has 1 aromatic carbocycles. The third kappa shape index (κ3) is 6.10. The average molecular weight is 419 g/mol. The first-order chi connectivity index (χ1) is 10.2. The Morgan fingerprint density at radius 1 is 1.36 bits per heavy atom. The highest BCUT2D eigenvalue weighted by atomic mass is 127. The number of nitrogens with one attached hydrogen (secondary N) is 1. The van der Waals surface area contributed by atoms with Crippen LogP contribution in [0.5, 0.6) is 0 Å². The molecule has 0 bridgehead atoms. The van der Waals surface area contributed by atoms with E-state index in [1.165, 1.54) is 18.9 Å². The molecule has 0 radical (unpaired) electrons. The fourth-order valence-electron chi connectivity index (χ4n) is 2.74. The summed E-state index contributed by atoms with van der Waals surface area (Å²) < 4.78 is 13.1. The lowest BCUT2D eigenvalue weighted by Crippen LogP contribution is -2.45. The van der Waals surface area contributed by atoms with E-state index in [9.17, 15) is 4.39 Å². The maximum Gasteiger partial charge on any atom is 0.193 e. The van der Waals surface area contributed by atoms with E-state index in [4.69, 9.17) is 0 Å². The number of nitrogens with zero attached hydrogens (tertiary/aromatic N) is 2. The Morgan fingerprint density at radius 2 is 2.09 bits per heavy atom. The van der Waals surface area contributed by atoms with Crippen molar-refractivity contribution in [2.45, 2.75) is 32.6 Å². The lowest BCUT2D eigenvalue weighted by Gasteiger charge is -2.32. The van der Waals surface area contributed by atoms with Crippen LogP contribution in [-0.2, 0) is 6.42 Å². The summed E-state index contributed by atoms with van der Waals surface area (Å²) in [6.45, 7) is 5.36. The number of rotatable bonds is 4. The van der Waals surface area contributed by atoms with Crippen molar-refractivity contribution in [3.8, 4) is 0 Å². The molecule has 0 aromatic heterocycles. The highest BCUT2D eigenvalue weighted by molar-refractivity contribution is 14.0. The third-order valence-electron chi connectivity index (χ3n) is 4.11. The molecule has 0 spiro atoms. The van der Waals surface area contributed by atoms with Crippen molar-refractivity contribution in [1.82, 2.24) is 10.2 Å². The van der Waals surface area contributed by atoms with Crippen molar-refractivity contribution in [2.24, 2.45) is 10.9 Å². The zero-order valence-electron chi connectivity index (χ0n) is 13.5. The van der Waals surface area contributed by atoms with E-state index in [-0.39, 0.29) is 29.8 Å². The predicted molar refractivity (Wildman–Crippen MR) is 101 cm³/mol. The van der Waals surface area contributed by atoms with Crippen LogP contribution in [0.4, 0.5) is 4.39 Å². The van der Waals surface area contributed by atoms with Gasteiger partial charge in [-0.3, -0.25) is 4.99 Å². The number of piperidine rings is 1. The van der Waals surface area contributed by atoms with Gasteiger partial charge in [0, 0.05) is 26.7 Å². The van der Waals surface area contributed by atoms with E-state index in [0.29, 0.717) is 0 Å². The molecule has 1 aliphatic rings. The van der Waals surface area contributed by atoms with Gasteiger partial charge in [0.15, 0.2) is 5.96 Å². The second kappa shape index (κ2) is 10.0. The predicted octanol–water partition coefficient (Wildman–Crippen LogP) is 3.68. The molecule has 1 fully saturated rings. The van der Waals surface area contributed by atoms with E-state index in [1.54, 1.807) is 12.1 Å². The molecule has 0 saturated carbocycles. The number of aryl methyl sites for hydroxylation is 1. The van der Waals surface area contributed by atoms with E-state index in [1.807, 2.05) is 13.1 Å². The molecule has 124 valence electrons. The van der Waals surface area contributed by atoms with Crippen LogP contribution < -0.4 is 5.32 Å². The van der Waals surface area contributed by atoms with Gasteiger partial charge in [0.2, 0.25) is 0 Å². The first-order valence-electron chi connectivity index (χ1n) is 7.89. The molecule has 0 unspecified atom stereocenters. The van der Waals surface area contributed by atoms with Crippen LogP contribution in [0, 0.1) is 11.7 Å². The lowest BCUT2D eigenvalue weighted by atomic mass is 10.00. The maximum atomic E-state index is 13.1. The molecular weight excluding hydrogens is 392 g/mol. The van der Waals surface area contributed by atoms with Gasteiger partial charge in [0.25, 0.3) is 0 Å². The van der Waals surface area contributed by atoms with Gasteiger partial charge in [-0.25, -0.2) is 4.39 Å². The minimum absolute atomic E-state index is 0. The topological polar surface area (TPSA) is 27.6 Å². The molecule has 1 aromatic rings. The molecule has 22 heavy (non-hydrogen) atoms. The summed E-state index contributed by atoms with van der Waals surface area (Å²) in [6, 6.07) is 6.84. The molecule has 2 rings (SSSR count). The quantitative estimate of drug-likeness (QED) is 0.349. The number of likely N-dealkylation sites (tertiary alicyclic amines) is 1. The van der Waals surface area contributed by atoms with Gasteiger partial charge in [-0.05, 0) is 49.3 Å². The number of hydrogen-bond acceptors (Lipinski definition) is 1. The summed E-state index contributed by atoms with van der Waals surface area (Å²) in [7, 11) is 1.84. The molecule has 0 amide bonds. The van der Waals surface area contributed by atoms with Gasteiger partial charge < -0.3 is 10.2 Å². The van der Waals surface area contributed by atoms with Crippen molar-refractivity contribution in [3.05, 3.63) is 35.6 Å². The van der Waals surface area contributed by atoms with Crippen molar-refractivity contribution < 1.29 is 4.39 Å². The van der Waals surface area contributed by atoms with Gasteiger partial charge in [0.05, 0.1) is 0 Å². The third-order valence-corrected chi connectivity index (χ3v) is 4.11. The zero-order valence-corrected chi connectivity index (χ0v) is 15.8. The van der Waals surface area contributed by atoms with Crippen molar-refractivity contribution in [1.29, 1.82) is 0 Å². The molecule has 0 atom stereocenters. The van der Waals surface area contributed by atoms with Crippen LogP contribution in [0.25, 0.3) is 0 Å². The Balaban J connectivity index is 0.00000242. The van der Waals surface area contributed by atoms with Gasteiger partial charge in [-0.2, -0.15) is 0 Å². The van der Waals surface area contributed by atoms with Crippen LogP contribution >= 0.6 is 24.0 Å². The maximum absolute atomic E-state index is 13.1. The molecule has 1 aliphatic heterocycles.